The molecule has 0 aliphatic heterocycles. The smallest absolute Gasteiger partial charge is 0.283 e. The summed E-state index contributed by atoms with van der Waals surface area (Å²) in [7, 11) is 1.60. The summed E-state index contributed by atoms with van der Waals surface area (Å²) >= 11 is 0. The van der Waals surface area contributed by atoms with Crippen LogP contribution in [0.1, 0.15) is 22.9 Å². The third-order valence-electron chi connectivity index (χ3n) is 4.09. The van der Waals surface area contributed by atoms with Crippen molar-refractivity contribution in [2.75, 3.05) is 7.11 Å². The Morgan fingerprint density at radius 1 is 0.966 bits per heavy atom. The summed E-state index contributed by atoms with van der Waals surface area (Å²) in [4.78, 5) is 4.27. The Labute approximate surface area is 167 Å². The van der Waals surface area contributed by atoms with Gasteiger partial charge in [-0.25, -0.2) is 0 Å². The number of aryl methyl sites for hydroxylation is 1. The molecule has 0 saturated heterocycles. The Morgan fingerprint density at radius 2 is 1.90 bits per heavy atom. The van der Waals surface area contributed by atoms with Gasteiger partial charge in [0.25, 0.3) is 11.8 Å². The summed E-state index contributed by atoms with van der Waals surface area (Å²) < 4.78 is 22.3. The zero-order chi connectivity index (χ0) is 20.1. The average molecular weight is 389 g/mol. The van der Waals surface area contributed by atoms with Crippen molar-refractivity contribution < 1.29 is 18.3 Å². The molecule has 7 nitrogen and oxygen atoms in total. The van der Waals surface area contributed by atoms with Crippen LogP contribution < -0.4 is 9.47 Å². The van der Waals surface area contributed by atoms with Gasteiger partial charge in [-0.1, -0.05) is 18.2 Å². The maximum atomic E-state index is 5.80. The van der Waals surface area contributed by atoms with Gasteiger partial charge < -0.3 is 18.3 Å². The highest BCUT2D eigenvalue weighted by Crippen LogP contribution is 2.30. The molecule has 0 amide bonds. The van der Waals surface area contributed by atoms with Crippen molar-refractivity contribution in [2.24, 2.45) is 0 Å². The van der Waals surface area contributed by atoms with E-state index in [9.17, 15) is 0 Å². The molecular formula is C22H19N3O4. The summed E-state index contributed by atoms with van der Waals surface area (Å²) in [5.41, 5.74) is 1.85. The van der Waals surface area contributed by atoms with E-state index in [1.807, 2.05) is 61.5 Å². The number of rotatable bonds is 7. The van der Waals surface area contributed by atoms with Crippen LogP contribution >= 0.6 is 0 Å². The lowest BCUT2D eigenvalue weighted by Gasteiger charge is -2.09. The van der Waals surface area contributed by atoms with Gasteiger partial charge in [-0.15, -0.1) is 10.2 Å². The molecular weight excluding hydrogens is 370 g/mol. The highest BCUT2D eigenvalue weighted by molar-refractivity contribution is 5.69. The van der Waals surface area contributed by atoms with Crippen LogP contribution in [0.25, 0.3) is 23.8 Å². The number of pyridine rings is 1. The van der Waals surface area contributed by atoms with Crippen LogP contribution in [0.2, 0.25) is 0 Å². The molecule has 0 spiro atoms. The number of aromatic nitrogens is 3. The van der Waals surface area contributed by atoms with E-state index in [1.165, 1.54) is 0 Å². The van der Waals surface area contributed by atoms with Crippen LogP contribution in [0.3, 0.4) is 0 Å². The predicted octanol–water partition coefficient (Wildman–Crippen LogP) is 4.79. The highest BCUT2D eigenvalue weighted by atomic mass is 16.5. The topological polar surface area (TPSA) is 83.4 Å². The lowest BCUT2D eigenvalue weighted by molar-refractivity contribution is 0.250. The van der Waals surface area contributed by atoms with Crippen LogP contribution in [0.15, 0.2) is 63.6 Å². The van der Waals surface area contributed by atoms with E-state index in [4.69, 9.17) is 18.3 Å². The minimum atomic E-state index is 0.117. The molecule has 0 radical (unpaired) electrons. The number of nitrogens with zero attached hydrogens (tertiary/aromatic N) is 3. The Balaban J connectivity index is 1.43. The van der Waals surface area contributed by atoms with Crippen LogP contribution in [-0.2, 0) is 6.61 Å². The molecule has 4 rings (SSSR count). The first-order chi connectivity index (χ1) is 14.2. The Hall–Kier alpha value is -3.87. The van der Waals surface area contributed by atoms with E-state index in [1.54, 1.807) is 19.4 Å². The second-order valence-corrected chi connectivity index (χ2v) is 6.20. The first-order valence-corrected chi connectivity index (χ1v) is 9.00. The van der Waals surface area contributed by atoms with Gasteiger partial charge >= 0.3 is 0 Å². The van der Waals surface area contributed by atoms with E-state index in [0.29, 0.717) is 29.0 Å². The van der Waals surface area contributed by atoms with Crippen LogP contribution in [0.4, 0.5) is 0 Å². The van der Waals surface area contributed by atoms with Gasteiger partial charge in [0.05, 0.1) is 12.8 Å². The Kier molecular flexibility index (Phi) is 5.38. The number of ether oxygens (including phenoxy) is 2. The number of benzene rings is 1. The third-order valence-corrected chi connectivity index (χ3v) is 4.09. The average Bonchev–Trinajstić information content (AvgIpc) is 3.40. The van der Waals surface area contributed by atoms with Gasteiger partial charge in [0.15, 0.2) is 23.9 Å². The summed E-state index contributed by atoms with van der Waals surface area (Å²) in [6.45, 7) is 1.97. The van der Waals surface area contributed by atoms with E-state index in [-0.39, 0.29) is 6.61 Å². The van der Waals surface area contributed by atoms with Crippen molar-refractivity contribution in [1.82, 2.24) is 15.2 Å². The summed E-state index contributed by atoms with van der Waals surface area (Å²) in [6, 6.07) is 15.0. The molecule has 4 aromatic rings. The Morgan fingerprint density at radius 3 is 2.66 bits per heavy atom. The van der Waals surface area contributed by atoms with E-state index in [0.717, 1.165) is 17.0 Å². The minimum Gasteiger partial charge on any atom is -0.493 e. The summed E-state index contributed by atoms with van der Waals surface area (Å²) in [5, 5.41) is 7.98. The molecule has 0 unspecified atom stereocenters. The van der Waals surface area contributed by atoms with Crippen molar-refractivity contribution in [3.63, 3.8) is 0 Å². The fourth-order valence-electron chi connectivity index (χ4n) is 2.66. The maximum Gasteiger partial charge on any atom is 0.283 e. The minimum absolute atomic E-state index is 0.117. The van der Waals surface area contributed by atoms with Crippen molar-refractivity contribution in [3.05, 3.63) is 77.6 Å². The van der Waals surface area contributed by atoms with Gasteiger partial charge in [0, 0.05) is 6.20 Å². The zero-order valence-electron chi connectivity index (χ0n) is 16.0. The summed E-state index contributed by atoms with van der Waals surface area (Å²) in [6.07, 6.45) is 5.66. The molecule has 0 fully saturated rings. The normalized spacial score (nSPS) is 11.1. The van der Waals surface area contributed by atoms with E-state index in [2.05, 4.69) is 15.2 Å². The molecule has 29 heavy (non-hydrogen) atoms. The number of hydrogen-bond acceptors (Lipinski definition) is 7. The fourth-order valence-corrected chi connectivity index (χ4v) is 2.66. The van der Waals surface area contributed by atoms with E-state index >= 15 is 0 Å². The third kappa shape index (κ3) is 4.52. The van der Waals surface area contributed by atoms with Crippen molar-refractivity contribution in [1.29, 1.82) is 0 Å². The van der Waals surface area contributed by atoms with E-state index < -0.39 is 0 Å². The van der Waals surface area contributed by atoms with Crippen molar-refractivity contribution >= 4 is 12.2 Å². The van der Waals surface area contributed by atoms with Crippen LogP contribution in [0, 0.1) is 6.92 Å². The molecule has 7 heteroatoms. The molecule has 0 saturated carbocycles. The Bertz CT molecular complexity index is 1120. The van der Waals surface area contributed by atoms with Gasteiger partial charge in [-0.3, -0.25) is 4.98 Å². The second-order valence-electron chi connectivity index (χ2n) is 6.20. The zero-order valence-corrected chi connectivity index (χ0v) is 16.0. The predicted molar refractivity (Wildman–Crippen MR) is 107 cm³/mol. The fraction of sp³-hybridized carbons (Fsp3) is 0.136. The molecule has 3 heterocycles. The van der Waals surface area contributed by atoms with Crippen molar-refractivity contribution in [2.45, 2.75) is 13.5 Å². The van der Waals surface area contributed by atoms with Gasteiger partial charge in [-0.2, -0.15) is 0 Å². The quantitative estimate of drug-likeness (QED) is 0.449. The monoisotopic (exact) mass is 389 g/mol. The van der Waals surface area contributed by atoms with Crippen LogP contribution in [-0.4, -0.2) is 22.3 Å². The molecule has 146 valence electrons. The number of methoxy groups -OCH3 is 1. The standard InChI is InChI=1S/C22H19N3O4/c1-15-6-10-19(28-15)22-25-24-21(29-22)14-27-18-11-8-16(13-20(18)26-2)7-9-17-5-3-4-12-23-17/h3-13H,14H2,1-2H3. The van der Waals surface area contributed by atoms with Crippen LogP contribution in [0.5, 0.6) is 11.5 Å². The molecule has 1 aromatic carbocycles. The molecule has 0 bridgehead atoms. The molecule has 0 atom stereocenters. The molecule has 0 aliphatic carbocycles. The van der Waals surface area contributed by atoms with Gasteiger partial charge in [0.1, 0.15) is 5.76 Å². The lowest BCUT2D eigenvalue weighted by atomic mass is 10.1. The highest BCUT2D eigenvalue weighted by Gasteiger charge is 2.13. The number of hydrogen-bond donors (Lipinski definition) is 0. The van der Waals surface area contributed by atoms with Gasteiger partial charge in [0.2, 0.25) is 0 Å². The van der Waals surface area contributed by atoms with Crippen molar-refractivity contribution in [3.8, 4) is 23.1 Å². The molecule has 3 aromatic heterocycles. The maximum absolute atomic E-state index is 5.80. The lowest BCUT2D eigenvalue weighted by Crippen LogP contribution is -1.98. The largest absolute Gasteiger partial charge is 0.493 e. The van der Waals surface area contributed by atoms with Gasteiger partial charge in [-0.05, 0) is 55.0 Å². The number of furan rings is 1. The molecule has 0 N–H and O–H groups in total. The summed E-state index contributed by atoms with van der Waals surface area (Å²) in [5.74, 6) is 3.15. The second kappa shape index (κ2) is 8.43. The molecule has 0 aliphatic rings. The first kappa shape index (κ1) is 18.5. The SMILES string of the molecule is COc1cc(C=Cc2ccccn2)ccc1OCc1nnc(-c2ccc(C)o2)o1. The first-order valence-electron chi connectivity index (χ1n) is 9.00.